The third kappa shape index (κ3) is 3.97. The molecule has 1 fully saturated rings. The molecule has 2 atom stereocenters. The summed E-state index contributed by atoms with van der Waals surface area (Å²) in [4.78, 5) is 41.6. The number of carbonyl (C=O) groups excluding carboxylic acids is 1. The molecule has 1 aliphatic carbocycles. The summed E-state index contributed by atoms with van der Waals surface area (Å²) >= 11 is 0. The summed E-state index contributed by atoms with van der Waals surface area (Å²) in [7, 11) is 0. The van der Waals surface area contributed by atoms with Crippen LogP contribution < -0.4 is 21.9 Å². The van der Waals surface area contributed by atoms with Gasteiger partial charge in [0, 0.05) is 12.5 Å². The molecule has 7 heteroatoms. The lowest BCUT2D eigenvalue weighted by Gasteiger charge is -2.25. The van der Waals surface area contributed by atoms with Gasteiger partial charge in [0.2, 0.25) is 5.91 Å². The number of nitrogen functional groups attached to an aromatic ring is 1. The van der Waals surface area contributed by atoms with E-state index >= 15 is 0 Å². The van der Waals surface area contributed by atoms with Gasteiger partial charge < -0.3 is 5.73 Å². The van der Waals surface area contributed by atoms with Crippen LogP contribution in [0.1, 0.15) is 38.7 Å². The van der Waals surface area contributed by atoms with E-state index in [0.29, 0.717) is 12.5 Å². The number of hydrogen-bond donors (Lipinski definition) is 2. The first-order chi connectivity index (χ1) is 12.9. The van der Waals surface area contributed by atoms with Gasteiger partial charge in [-0.15, -0.1) is 0 Å². The fourth-order valence-corrected chi connectivity index (χ4v) is 3.28. The van der Waals surface area contributed by atoms with Crippen molar-refractivity contribution in [3.63, 3.8) is 0 Å². The van der Waals surface area contributed by atoms with Crippen LogP contribution in [0.25, 0.3) is 0 Å². The number of nitrogens with zero attached hydrogens (tertiary/aromatic N) is 2. The second-order valence-corrected chi connectivity index (χ2v) is 7.23. The molecule has 144 valence electrons. The number of benzene rings is 1. The molecule has 0 spiro atoms. The Balaban J connectivity index is 2.07. The van der Waals surface area contributed by atoms with Gasteiger partial charge in [-0.1, -0.05) is 50.6 Å². The quantitative estimate of drug-likeness (QED) is 0.779. The molecule has 1 aliphatic rings. The Hall–Kier alpha value is -2.83. The lowest BCUT2D eigenvalue weighted by Crippen LogP contribution is -2.41. The molecule has 1 aromatic carbocycles. The zero-order chi connectivity index (χ0) is 19.6. The topological polar surface area (TPSA) is 101 Å². The number of amides is 1. The number of unbranched alkanes of at least 4 members (excludes halogenated alkanes) is 1. The summed E-state index contributed by atoms with van der Waals surface area (Å²) in [5.41, 5.74) is 6.02. The fourth-order valence-electron chi connectivity index (χ4n) is 3.28. The van der Waals surface area contributed by atoms with Gasteiger partial charge in [0.1, 0.15) is 5.82 Å². The summed E-state index contributed by atoms with van der Waals surface area (Å²) in [5, 5.41) is 0. The zero-order valence-corrected chi connectivity index (χ0v) is 15.8. The standard InChI is InChI=1S/C20H26N4O3/c1-3-4-10-23-17(21)16(18(25)22-20(23)27)24(19(26)15-11-13(15)2)12-14-8-6-5-7-9-14/h5-9,13,15H,3-4,10-12,21H2,1-2H3,(H,22,25,27). The van der Waals surface area contributed by atoms with Gasteiger partial charge in [0.05, 0.1) is 6.54 Å². The lowest BCUT2D eigenvalue weighted by molar-refractivity contribution is -0.120. The van der Waals surface area contributed by atoms with Crippen molar-refractivity contribution < 1.29 is 4.79 Å². The normalized spacial score (nSPS) is 18.3. The maximum absolute atomic E-state index is 13.1. The highest BCUT2D eigenvalue weighted by Gasteiger charge is 2.43. The van der Waals surface area contributed by atoms with Crippen molar-refractivity contribution in [3.8, 4) is 0 Å². The minimum absolute atomic E-state index is 0.0507. The molecular formula is C20H26N4O3. The predicted molar refractivity (Wildman–Crippen MR) is 106 cm³/mol. The highest BCUT2D eigenvalue weighted by atomic mass is 16.2. The monoisotopic (exact) mass is 370 g/mol. The van der Waals surface area contributed by atoms with E-state index in [1.54, 1.807) is 0 Å². The van der Waals surface area contributed by atoms with Crippen LogP contribution in [-0.4, -0.2) is 15.5 Å². The van der Waals surface area contributed by atoms with Gasteiger partial charge in [-0.05, 0) is 24.3 Å². The Kier molecular flexibility index (Phi) is 5.48. The zero-order valence-electron chi connectivity index (χ0n) is 15.8. The molecule has 27 heavy (non-hydrogen) atoms. The number of nitrogens with two attached hydrogens (primary N) is 1. The molecule has 1 aromatic heterocycles. The molecule has 1 saturated carbocycles. The molecule has 0 bridgehead atoms. The van der Waals surface area contributed by atoms with Gasteiger partial charge in [-0.3, -0.25) is 24.0 Å². The average Bonchev–Trinajstić information content (AvgIpc) is 3.37. The molecule has 2 unspecified atom stereocenters. The predicted octanol–water partition coefficient (Wildman–Crippen LogP) is 2.11. The van der Waals surface area contributed by atoms with Gasteiger partial charge in [0.25, 0.3) is 5.56 Å². The number of carbonyl (C=O) groups is 1. The number of nitrogens with one attached hydrogen (secondary N) is 1. The largest absolute Gasteiger partial charge is 0.383 e. The van der Waals surface area contributed by atoms with Crippen molar-refractivity contribution in [2.45, 2.75) is 46.2 Å². The van der Waals surface area contributed by atoms with Crippen molar-refractivity contribution in [3.05, 3.63) is 56.7 Å². The van der Waals surface area contributed by atoms with E-state index < -0.39 is 11.2 Å². The minimum atomic E-state index is -0.622. The van der Waals surface area contributed by atoms with E-state index in [-0.39, 0.29) is 29.9 Å². The van der Waals surface area contributed by atoms with Gasteiger partial charge in [0.15, 0.2) is 5.69 Å². The highest BCUT2D eigenvalue weighted by Crippen LogP contribution is 2.40. The number of hydrogen-bond acceptors (Lipinski definition) is 4. The first-order valence-corrected chi connectivity index (χ1v) is 9.42. The molecule has 0 saturated heterocycles. The summed E-state index contributed by atoms with van der Waals surface area (Å²) in [6.45, 7) is 4.66. The maximum Gasteiger partial charge on any atom is 0.330 e. The van der Waals surface area contributed by atoms with Crippen molar-refractivity contribution in [2.75, 3.05) is 10.6 Å². The van der Waals surface area contributed by atoms with Crippen LogP contribution in [0.4, 0.5) is 11.5 Å². The van der Waals surface area contributed by atoms with Crippen molar-refractivity contribution in [2.24, 2.45) is 11.8 Å². The molecule has 0 aliphatic heterocycles. The lowest BCUT2D eigenvalue weighted by atomic mass is 10.2. The highest BCUT2D eigenvalue weighted by molar-refractivity contribution is 5.98. The summed E-state index contributed by atoms with van der Waals surface area (Å²) in [5.74, 6) is 0.115. The smallest absolute Gasteiger partial charge is 0.330 e. The van der Waals surface area contributed by atoms with Crippen LogP contribution in [0.15, 0.2) is 39.9 Å². The third-order valence-corrected chi connectivity index (χ3v) is 5.10. The number of rotatable bonds is 7. The van der Waals surface area contributed by atoms with E-state index in [1.807, 2.05) is 44.2 Å². The second kappa shape index (κ2) is 7.82. The summed E-state index contributed by atoms with van der Waals surface area (Å²) < 4.78 is 1.35. The van der Waals surface area contributed by atoms with Crippen LogP contribution in [0.5, 0.6) is 0 Å². The SMILES string of the molecule is CCCCn1c(N)c(N(Cc2ccccc2)C(=O)C2CC2C)c(=O)[nH]c1=O. The van der Waals surface area contributed by atoms with E-state index in [0.717, 1.165) is 24.8 Å². The van der Waals surface area contributed by atoms with Crippen LogP contribution in [0, 0.1) is 11.8 Å². The second-order valence-electron chi connectivity index (χ2n) is 7.23. The van der Waals surface area contributed by atoms with Gasteiger partial charge in [-0.2, -0.15) is 0 Å². The van der Waals surface area contributed by atoms with Gasteiger partial charge >= 0.3 is 5.69 Å². The Labute approximate surface area is 157 Å². The van der Waals surface area contributed by atoms with Crippen LogP contribution >= 0.6 is 0 Å². The molecule has 3 N–H and O–H groups in total. The maximum atomic E-state index is 13.1. The Bertz CT molecular complexity index is 932. The Morgan fingerprint density at radius 2 is 1.96 bits per heavy atom. The first-order valence-electron chi connectivity index (χ1n) is 9.42. The van der Waals surface area contributed by atoms with E-state index in [1.165, 1.54) is 9.47 Å². The van der Waals surface area contributed by atoms with Crippen LogP contribution in [0.3, 0.4) is 0 Å². The molecule has 0 radical (unpaired) electrons. The van der Waals surface area contributed by atoms with Crippen molar-refractivity contribution in [1.82, 2.24) is 9.55 Å². The Morgan fingerprint density at radius 1 is 1.30 bits per heavy atom. The van der Waals surface area contributed by atoms with Crippen LogP contribution in [-0.2, 0) is 17.9 Å². The molecular weight excluding hydrogens is 344 g/mol. The summed E-state index contributed by atoms with van der Waals surface area (Å²) in [6.07, 6.45) is 2.44. The van der Waals surface area contributed by atoms with E-state index in [9.17, 15) is 14.4 Å². The fraction of sp³-hybridized carbons (Fsp3) is 0.450. The minimum Gasteiger partial charge on any atom is -0.383 e. The molecule has 1 heterocycles. The van der Waals surface area contributed by atoms with Gasteiger partial charge in [-0.25, -0.2) is 4.79 Å². The van der Waals surface area contributed by atoms with Crippen molar-refractivity contribution >= 4 is 17.4 Å². The Morgan fingerprint density at radius 3 is 2.56 bits per heavy atom. The molecule has 3 rings (SSSR count). The number of aromatic amines is 1. The molecule has 7 nitrogen and oxygen atoms in total. The van der Waals surface area contributed by atoms with E-state index in [4.69, 9.17) is 5.73 Å². The number of H-pyrrole nitrogens is 1. The average molecular weight is 370 g/mol. The number of anilines is 2. The van der Waals surface area contributed by atoms with E-state index in [2.05, 4.69) is 4.98 Å². The third-order valence-electron chi connectivity index (χ3n) is 5.10. The molecule has 2 aromatic rings. The first kappa shape index (κ1) is 18.9. The number of aromatic nitrogens is 2. The van der Waals surface area contributed by atoms with Crippen molar-refractivity contribution in [1.29, 1.82) is 0 Å². The molecule has 1 amide bonds. The summed E-state index contributed by atoms with van der Waals surface area (Å²) in [6, 6.07) is 9.45. The van der Waals surface area contributed by atoms with Crippen LogP contribution in [0.2, 0.25) is 0 Å².